The van der Waals surface area contributed by atoms with Crippen LogP contribution in [0.3, 0.4) is 0 Å². The van der Waals surface area contributed by atoms with Crippen LogP contribution in [-0.2, 0) is 0 Å². The van der Waals surface area contributed by atoms with Gasteiger partial charge < -0.3 is 10.1 Å². The van der Waals surface area contributed by atoms with Gasteiger partial charge in [-0.05, 0) is 30.9 Å². The Labute approximate surface area is 115 Å². The van der Waals surface area contributed by atoms with Crippen LogP contribution in [0.15, 0.2) is 24.4 Å². The van der Waals surface area contributed by atoms with Crippen molar-refractivity contribution in [3.05, 3.63) is 24.4 Å². The molecule has 0 spiro atoms. The molecule has 4 nitrogen and oxygen atoms in total. The molecule has 104 valence electrons. The average molecular weight is 261 g/mol. The Bertz CT molecular complexity index is 403. The smallest absolute Gasteiger partial charge is 0.213 e. The van der Waals surface area contributed by atoms with Crippen LogP contribution < -0.4 is 10.1 Å². The van der Waals surface area contributed by atoms with Crippen LogP contribution >= 0.6 is 0 Å². The van der Waals surface area contributed by atoms with Gasteiger partial charge in [-0.1, -0.05) is 13.0 Å². The van der Waals surface area contributed by atoms with Crippen molar-refractivity contribution in [2.45, 2.75) is 25.9 Å². The molecule has 4 heteroatoms. The van der Waals surface area contributed by atoms with E-state index in [4.69, 9.17) is 4.74 Å². The predicted molar refractivity (Wildman–Crippen MR) is 75.3 cm³/mol. The highest BCUT2D eigenvalue weighted by Crippen LogP contribution is 2.27. The Balaban J connectivity index is 1.50. The van der Waals surface area contributed by atoms with E-state index >= 15 is 0 Å². The van der Waals surface area contributed by atoms with E-state index < -0.39 is 0 Å². The second-order valence-electron chi connectivity index (χ2n) is 6.17. The topological polar surface area (TPSA) is 37.4 Å². The van der Waals surface area contributed by atoms with Gasteiger partial charge in [0.25, 0.3) is 0 Å². The second kappa shape index (κ2) is 5.47. The molecule has 2 aliphatic heterocycles. The third-order valence-corrected chi connectivity index (χ3v) is 4.22. The summed E-state index contributed by atoms with van der Waals surface area (Å²) < 4.78 is 5.93. The fourth-order valence-electron chi connectivity index (χ4n) is 3.17. The number of likely N-dealkylation sites (tertiary alicyclic amines) is 1. The average Bonchev–Trinajstić information content (AvgIpc) is 3.01. The van der Waals surface area contributed by atoms with Gasteiger partial charge in [0, 0.05) is 38.4 Å². The van der Waals surface area contributed by atoms with Crippen molar-refractivity contribution >= 4 is 0 Å². The number of hydrogen-bond acceptors (Lipinski definition) is 4. The Kier molecular flexibility index (Phi) is 3.71. The molecule has 2 aliphatic rings. The predicted octanol–water partition coefficient (Wildman–Crippen LogP) is 1.53. The van der Waals surface area contributed by atoms with Crippen molar-refractivity contribution < 1.29 is 4.74 Å². The first-order valence-corrected chi connectivity index (χ1v) is 7.24. The molecule has 3 rings (SSSR count). The number of nitrogens with one attached hydrogen (secondary N) is 1. The fourth-order valence-corrected chi connectivity index (χ4v) is 3.17. The lowest BCUT2D eigenvalue weighted by atomic mass is 9.89. The first-order chi connectivity index (χ1) is 9.23. The molecule has 1 aromatic rings. The normalized spacial score (nSPS) is 31.7. The Hall–Kier alpha value is -1.13. The van der Waals surface area contributed by atoms with Crippen LogP contribution in [0.4, 0.5) is 0 Å². The van der Waals surface area contributed by atoms with E-state index in [2.05, 4.69) is 22.1 Å². The number of pyridine rings is 1. The first-order valence-electron chi connectivity index (χ1n) is 7.24. The van der Waals surface area contributed by atoms with Gasteiger partial charge in [-0.2, -0.15) is 0 Å². The summed E-state index contributed by atoms with van der Waals surface area (Å²) >= 11 is 0. The number of rotatable bonds is 4. The summed E-state index contributed by atoms with van der Waals surface area (Å²) in [5.41, 5.74) is 0.444. The van der Waals surface area contributed by atoms with Crippen molar-refractivity contribution in [2.75, 3.05) is 32.7 Å². The minimum Gasteiger partial charge on any atom is -0.473 e. The van der Waals surface area contributed by atoms with Gasteiger partial charge in [0.2, 0.25) is 5.88 Å². The molecule has 2 unspecified atom stereocenters. The monoisotopic (exact) mass is 261 g/mol. The van der Waals surface area contributed by atoms with E-state index in [1.165, 1.54) is 13.0 Å². The summed E-state index contributed by atoms with van der Waals surface area (Å²) in [6, 6.07) is 5.83. The summed E-state index contributed by atoms with van der Waals surface area (Å²) in [4.78, 5) is 6.78. The molecule has 3 heterocycles. The van der Waals surface area contributed by atoms with Crippen LogP contribution in [0.5, 0.6) is 5.88 Å². The summed E-state index contributed by atoms with van der Waals surface area (Å²) in [7, 11) is 0. The number of nitrogens with zero attached hydrogens (tertiary/aromatic N) is 2. The van der Waals surface area contributed by atoms with Crippen LogP contribution in [0, 0.1) is 5.41 Å². The van der Waals surface area contributed by atoms with Crippen molar-refractivity contribution in [3.63, 3.8) is 0 Å². The van der Waals surface area contributed by atoms with E-state index in [0.29, 0.717) is 11.5 Å². The summed E-state index contributed by atoms with van der Waals surface area (Å²) in [6.45, 7) is 8.06. The van der Waals surface area contributed by atoms with E-state index in [-0.39, 0.29) is 0 Å². The van der Waals surface area contributed by atoms with E-state index in [1.54, 1.807) is 6.20 Å². The standard InChI is InChI=1S/C15H23N3O/c1-15(6-8-16-11-15)12-18-9-5-13(10-18)19-14-4-2-3-7-17-14/h2-4,7,13,16H,5-6,8-12H2,1H3. The zero-order valence-electron chi connectivity index (χ0n) is 11.6. The van der Waals surface area contributed by atoms with E-state index in [1.807, 2.05) is 18.2 Å². The molecule has 0 amide bonds. The highest BCUT2D eigenvalue weighted by molar-refractivity contribution is 5.10. The van der Waals surface area contributed by atoms with Crippen molar-refractivity contribution in [2.24, 2.45) is 5.41 Å². The van der Waals surface area contributed by atoms with Gasteiger partial charge in [-0.25, -0.2) is 4.98 Å². The molecule has 19 heavy (non-hydrogen) atoms. The number of aromatic nitrogens is 1. The number of hydrogen-bond donors (Lipinski definition) is 1. The maximum absolute atomic E-state index is 5.93. The second-order valence-corrected chi connectivity index (χ2v) is 6.17. The SMILES string of the molecule is CC1(CN2CCC(Oc3ccccn3)C2)CCNC1. The largest absolute Gasteiger partial charge is 0.473 e. The van der Waals surface area contributed by atoms with E-state index in [0.717, 1.165) is 38.5 Å². The molecule has 1 aromatic heterocycles. The third kappa shape index (κ3) is 3.25. The van der Waals surface area contributed by atoms with Gasteiger partial charge in [0.15, 0.2) is 0 Å². The first kappa shape index (κ1) is 12.9. The molecular weight excluding hydrogens is 238 g/mol. The summed E-state index contributed by atoms with van der Waals surface area (Å²) in [5, 5.41) is 3.47. The third-order valence-electron chi connectivity index (χ3n) is 4.22. The van der Waals surface area contributed by atoms with Crippen molar-refractivity contribution in [1.29, 1.82) is 0 Å². The summed E-state index contributed by atoms with van der Waals surface area (Å²) in [5.74, 6) is 0.753. The lowest BCUT2D eigenvalue weighted by molar-refractivity contribution is 0.165. The molecule has 0 aromatic carbocycles. The highest BCUT2D eigenvalue weighted by atomic mass is 16.5. The van der Waals surface area contributed by atoms with Gasteiger partial charge >= 0.3 is 0 Å². The molecule has 0 bridgehead atoms. The van der Waals surface area contributed by atoms with Gasteiger partial charge in [-0.3, -0.25) is 4.90 Å². The molecule has 1 N–H and O–H groups in total. The van der Waals surface area contributed by atoms with Crippen molar-refractivity contribution in [3.8, 4) is 5.88 Å². The van der Waals surface area contributed by atoms with Gasteiger partial charge in [0.1, 0.15) is 6.10 Å². The van der Waals surface area contributed by atoms with Crippen LogP contribution in [0.25, 0.3) is 0 Å². The lowest BCUT2D eigenvalue weighted by Gasteiger charge is -2.28. The zero-order chi connectivity index (χ0) is 13.1. The molecule has 2 fully saturated rings. The Morgan fingerprint density at radius 2 is 2.47 bits per heavy atom. The quantitative estimate of drug-likeness (QED) is 0.892. The van der Waals surface area contributed by atoms with Gasteiger partial charge in [-0.15, -0.1) is 0 Å². The zero-order valence-corrected chi connectivity index (χ0v) is 11.6. The maximum Gasteiger partial charge on any atom is 0.213 e. The van der Waals surface area contributed by atoms with Gasteiger partial charge in [0.05, 0.1) is 0 Å². The lowest BCUT2D eigenvalue weighted by Crippen LogP contribution is -2.37. The minimum atomic E-state index is 0.299. The van der Waals surface area contributed by atoms with Crippen LogP contribution in [-0.4, -0.2) is 48.7 Å². The van der Waals surface area contributed by atoms with Crippen molar-refractivity contribution in [1.82, 2.24) is 15.2 Å². The van der Waals surface area contributed by atoms with E-state index in [9.17, 15) is 0 Å². The fraction of sp³-hybridized carbons (Fsp3) is 0.667. The minimum absolute atomic E-state index is 0.299. The summed E-state index contributed by atoms with van der Waals surface area (Å²) in [6.07, 6.45) is 4.48. The highest BCUT2D eigenvalue weighted by Gasteiger charge is 2.34. The Morgan fingerprint density at radius 1 is 1.53 bits per heavy atom. The molecule has 0 saturated carbocycles. The van der Waals surface area contributed by atoms with Crippen LogP contribution in [0.1, 0.15) is 19.8 Å². The number of ether oxygens (including phenoxy) is 1. The molecule has 0 radical (unpaired) electrons. The van der Waals surface area contributed by atoms with Crippen LogP contribution in [0.2, 0.25) is 0 Å². The molecule has 2 saturated heterocycles. The molecular formula is C15H23N3O. The molecule has 0 aliphatic carbocycles. The molecule has 2 atom stereocenters. The maximum atomic E-state index is 5.93. The Morgan fingerprint density at radius 3 is 3.21 bits per heavy atom.